The Morgan fingerprint density at radius 1 is 1.12 bits per heavy atom. The lowest BCUT2D eigenvalue weighted by Crippen LogP contribution is -1.99. The molecule has 2 aromatic heterocycles. The van der Waals surface area contributed by atoms with Crippen LogP contribution in [0.2, 0.25) is 0 Å². The van der Waals surface area contributed by atoms with Gasteiger partial charge in [0.25, 0.3) is 5.69 Å². The summed E-state index contributed by atoms with van der Waals surface area (Å²) < 4.78 is 5.52. The van der Waals surface area contributed by atoms with Crippen LogP contribution in [0.5, 0.6) is 0 Å². The molecule has 0 saturated carbocycles. The molecule has 4 N–H and O–H groups in total. The highest BCUT2D eigenvalue weighted by Gasteiger charge is 2.12. The summed E-state index contributed by atoms with van der Waals surface area (Å²) in [5.74, 6) is 1.53. The van der Waals surface area contributed by atoms with Crippen molar-refractivity contribution in [1.29, 1.82) is 0 Å². The quantitative estimate of drug-likeness (QED) is 0.302. The molecule has 0 aliphatic carbocycles. The summed E-state index contributed by atoms with van der Waals surface area (Å²) in [4.78, 5) is 18.2. The molecule has 0 unspecified atom stereocenters. The zero-order chi connectivity index (χ0) is 17.1. The summed E-state index contributed by atoms with van der Waals surface area (Å²) >= 11 is 1.25. The summed E-state index contributed by atoms with van der Waals surface area (Å²) in [5.41, 5.74) is 11.8. The number of nitro benzene ring substituents is 1. The fourth-order valence-corrected chi connectivity index (χ4v) is 2.52. The molecule has 11 heteroatoms. The topological polar surface area (TPSA) is 160 Å². The minimum Gasteiger partial charge on any atom is -0.420 e. The molecule has 3 aromatic rings. The Balaban J connectivity index is 1.70. The summed E-state index contributed by atoms with van der Waals surface area (Å²) in [5, 5.41) is 18.9. The first-order chi connectivity index (χ1) is 11.5. The number of benzene rings is 1. The lowest BCUT2D eigenvalue weighted by Gasteiger charge is -2.00. The molecule has 2 heterocycles. The summed E-state index contributed by atoms with van der Waals surface area (Å²) in [6.07, 6.45) is 0. The molecule has 0 aliphatic heterocycles. The Bertz CT molecular complexity index is 861. The average Bonchev–Trinajstić information content (AvgIpc) is 3.01. The van der Waals surface area contributed by atoms with Crippen LogP contribution in [0.1, 0.15) is 5.89 Å². The van der Waals surface area contributed by atoms with Gasteiger partial charge in [0, 0.05) is 23.8 Å². The van der Waals surface area contributed by atoms with Crippen LogP contribution in [0.3, 0.4) is 0 Å². The lowest BCUT2D eigenvalue weighted by atomic mass is 10.2. The van der Waals surface area contributed by atoms with Crippen molar-refractivity contribution in [2.75, 3.05) is 11.5 Å². The molecule has 24 heavy (non-hydrogen) atoms. The number of hydrogen-bond acceptors (Lipinski definition) is 10. The third kappa shape index (κ3) is 3.57. The van der Waals surface area contributed by atoms with E-state index in [9.17, 15) is 10.1 Å². The van der Waals surface area contributed by atoms with E-state index in [1.165, 1.54) is 30.0 Å². The van der Waals surface area contributed by atoms with Gasteiger partial charge in [-0.05, 0) is 12.1 Å². The second-order valence-electron chi connectivity index (χ2n) is 4.59. The van der Waals surface area contributed by atoms with Crippen molar-refractivity contribution in [1.82, 2.24) is 20.2 Å². The van der Waals surface area contributed by atoms with Crippen LogP contribution >= 0.6 is 11.8 Å². The van der Waals surface area contributed by atoms with Gasteiger partial charge < -0.3 is 15.9 Å². The molecule has 10 nitrogen and oxygen atoms in total. The van der Waals surface area contributed by atoms with Crippen LogP contribution < -0.4 is 11.5 Å². The van der Waals surface area contributed by atoms with Crippen LogP contribution in [-0.2, 0) is 5.75 Å². The maximum absolute atomic E-state index is 10.6. The van der Waals surface area contributed by atoms with Crippen LogP contribution in [0, 0.1) is 10.1 Å². The van der Waals surface area contributed by atoms with Gasteiger partial charge in [0.2, 0.25) is 11.8 Å². The average molecular weight is 345 g/mol. The van der Waals surface area contributed by atoms with E-state index >= 15 is 0 Å². The van der Waals surface area contributed by atoms with E-state index in [4.69, 9.17) is 15.9 Å². The monoisotopic (exact) mass is 345 g/mol. The zero-order valence-electron chi connectivity index (χ0n) is 12.1. The fourth-order valence-electron chi connectivity index (χ4n) is 1.81. The number of nitrogens with two attached hydrogens (primary N) is 2. The van der Waals surface area contributed by atoms with Crippen LogP contribution in [0.25, 0.3) is 11.5 Å². The predicted octanol–water partition coefficient (Wildman–Crippen LogP) is 1.89. The van der Waals surface area contributed by atoms with Crippen LogP contribution in [-0.4, -0.2) is 25.1 Å². The Morgan fingerprint density at radius 3 is 2.42 bits per heavy atom. The summed E-state index contributed by atoms with van der Waals surface area (Å²) in [7, 11) is 0. The Hall–Kier alpha value is -3.21. The molecule has 1 aromatic carbocycles. The minimum absolute atomic E-state index is 0.00884. The van der Waals surface area contributed by atoms with Crippen molar-refractivity contribution in [3.8, 4) is 11.5 Å². The van der Waals surface area contributed by atoms with Gasteiger partial charge in [-0.1, -0.05) is 11.8 Å². The van der Waals surface area contributed by atoms with E-state index in [-0.39, 0.29) is 23.2 Å². The number of aromatic nitrogens is 4. The maximum Gasteiger partial charge on any atom is 0.269 e. The second-order valence-corrected chi connectivity index (χ2v) is 5.54. The number of anilines is 2. The Labute approximate surface area is 139 Å². The molecule has 0 atom stereocenters. The Kier molecular flexibility index (Phi) is 4.24. The van der Waals surface area contributed by atoms with Gasteiger partial charge in [-0.15, -0.1) is 10.2 Å². The predicted molar refractivity (Wildman–Crippen MR) is 86.8 cm³/mol. The zero-order valence-corrected chi connectivity index (χ0v) is 12.9. The number of rotatable bonds is 5. The normalized spacial score (nSPS) is 10.7. The highest BCUT2D eigenvalue weighted by molar-refractivity contribution is 7.98. The van der Waals surface area contributed by atoms with Crippen molar-refractivity contribution in [3.63, 3.8) is 0 Å². The van der Waals surface area contributed by atoms with Crippen molar-refractivity contribution in [2.45, 2.75) is 10.9 Å². The maximum atomic E-state index is 10.6. The summed E-state index contributed by atoms with van der Waals surface area (Å²) in [6.45, 7) is 0. The third-order valence-corrected chi connectivity index (χ3v) is 3.69. The van der Waals surface area contributed by atoms with Gasteiger partial charge in [-0.2, -0.15) is 0 Å². The van der Waals surface area contributed by atoms with Crippen LogP contribution in [0.15, 0.2) is 39.9 Å². The van der Waals surface area contributed by atoms with Crippen molar-refractivity contribution in [3.05, 3.63) is 46.3 Å². The molecular weight excluding hydrogens is 334 g/mol. The number of thioether (sulfide) groups is 1. The number of hydrogen-bond donors (Lipinski definition) is 2. The largest absolute Gasteiger partial charge is 0.420 e. The second kappa shape index (κ2) is 6.50. The standard InChI is InChI=1S/C13H11N7O3S/c14-9-5-10(15)17-13(16-9)24-6-11-18-19-12(23-11)7-1-3-8(4-2-7)20(21)22/h1-5H,6H2,(H4,14,15,16,17). The van der Waals surface area contributed by atoms with Crippen molar-refractivity contribution in [2.24, 2.45) is 0 Å². The first-order valence-electron chi connectivity index (χ1n) is 6.61. The highest BCUT2D eigenvalue weighted by Crippen LogP contribution is 2.24. The number of nitrogens with zero attached hydrogens (tertiary/aromatic N) is 5. The van der Waals surface area contributed by atoms with E-state index in [1.807, 2.05) is 0 Å². The highest BCUT2D eigenvalue weighted by atomic mass is 32.2. The van der Waals surface area contributed by atoms with Gasteiger partial charge in [-0.3, -0.25) is 10.1 Å². The molecule has 0 amide bonds. The van der Waals surface area contributed by atoms with E-state index in [0.717, 1.165) is 0 Å². The molecule has 3 rings (SSSR count). The van der Waals surface area contributed by atoms with Crippen molar-refractivity contribution >= 4 is 29.1 Å². The molecule has 0 aliphatic rings. The molecule has 0 fully saturated rings. The van der Waals surface area contributed by atoms with E-state index in [2.05, 4.69) is 20.2 Å². The number of nitro groups is 1. The van der Waals surface area contributed by atoms with E-state index in [0.29, 0.717) is 22.4 Å². The molecule has 0 bridgehead atoms. The van der Waals surface area contributed by atoms with Gasteiger partial charge in [0.1, 0.15) is 11.6 Å². The van der Waals surface area contributed by atoms with Crippen LogP contribution in [0.4, 0.5) is 17.3 Å². The molecular formula is C13H11N7O3S. The summed E-state index contributed by atoms with van der Waals surface area (Å²) in [6, 6.07) is 7.30. The lowest BCUT2D eigenvalue weighted by molar-refractivity contribution is -0.384. The number of non-ortho nitro benzene ring substituents is 1. The van der Waals surface area contributed by atoms with Gasteiger partial charge in [-0.25, -0.2) is 9.97 Å². The van der Waals surface area contributed by atoms with E-state index < -0.39 is 4.92 Å². The van der Waals surface area contributed by atoms with Crippen molar-refractivity contribution < 1.29 is 9.34 Å². The molecule has 0 radical (unpaired) electrons. The first-order valence-corrected chi connectivity index (χ1v) is 7.60. The van der Waals surface area contributed by atoms with Gasteiger partial charge in [0.05, 0.1) is 10.7 Å². The van der Waals surface area contributed by atoms with E-state index in [1.54, 1.807) is 12.1 Å². The SMILES string of the molecule is Nc1cc(N)nc(SCc2nnc(-c3ccc([N+](=O)[O-])cc3)o2)n1. The Morgan fingerprint density at radius 2 is 1.79 bits per heavy atom. The molecule has 0 spiro atoms. The number of nitrogen functional groups attached to an aromatic ring is 2. The first kappa shape index (κ1) is 15.7. The smallest absolute Gasteiger partial charge is 0.269 e. The fraction of sp³-hybridized carbons (Fsp3) is 0.0769. The molecule has 0 saturated heterocycles. The minimum atomic E-state index is -0.475. The molecule has 122 valence electrons. The van der Waals surface area contributed by atoms with Gasteiger partial charge in [0.15, 0.2) is 5.16 Å². The third-order valence-electron chi connectivity index (χ3n) is 2.86. The van der Waals surface area contributed by atoms with Gasteiger partial charge >= 0.3 is 0 Å².